The van der Waals surface area contributed by atoms with Crippen LogP contribution in [0.1, 0.15) is 27.0 Å². The maximum atomic E-state index is 14.0. The zero-order chi connectivity index (χ0) is 29.2. The lowest BCUT2D eigenvalue weighted by Gasteiger charge is -2.33. The molecular formula is C22H27F3N3O9PS. The summed E-state index contributed by atoms with van der Waals surface area (Å²) in [6.45, 7) is 3.43. The van der Waals surface area contributed by atoms with Crippen LogP contribution < -0.4 is 15.3 Å². The van der Waals surface area contributed by atoms with Crippen molar-refractivity contribution in [1.82, 2.24) is 14.6 Å². The van der Waals surface area contributed by atoms with Gasteiger partial charge in [-0.1, -0.05) is 30.4 Å². The fourth-order valence-corrected chi connectivity index (χ4v) is 5.26. The number of esters is 1. The zero-order valence-corrected chi connectivity index (χ0v) is 22.5. The van der Waals surface area contributed by atoms with E-state index in [1.807, 2.05) is 0 Å². The van der Waals surface area contributed by atoms with E-state index in [4.69, 9.17) is 30.7 Å². The van der Waals surface area contributed by atoms with E-state index in [0.717, 1.165) is 12.3 Å². The number of rotatable bonds is 10. The van der Waals surface area contributed by atoms with Crippen LogP contribution in [-0.2, 0) is 23.4 Å². The highest BCUT2D eigenvalue weighted by atomic mass is 32.1. The van der Waals surface area contributed by atoms with Crippen molar-refractivity contribution in [3.05, 3.63) is 57.7 Å². The summed E-state index contributed by atoms with van der Waals surface area (Å²) in [4.78, 5) is 26.6. The Labute approximate surface area is 225 Å². The van der Waals surface area contributed by atoms with Crippen LogP contribution in [0.25, 0.3) is 0 Å². The minimum absolute atomic E-state index is 0.0152. The first-order chi connectivity index (χ1) is 18.1. The first-order valence-electron chi connectivity index (χ1n) is 11.5. The number of hydrogen-bond acceptors (Lipinski definition) is 10. The minimum atomic E-state index is -5.49. The lowest BCUT2D eigenvalue weighted by molar-refractivity contribution is -0.304. The van der Waals surface area contributed by atoms with Crippen LogP contribution in [0.15, 0.2) is 47.4 Å². The number of ether oxygens (including phenoxy) is 2. The topological polar surface area (TPSA) is 161 Å². The molecular weight excluding hydrogens is 570 g/mol. The number of aromatic amines is 1. The standard InChI is InChI=1S/C22H27F3N3O9PS/c1-12(2)35-18(30)13(3)27-38(33,37-14-7-5-4-6-8-14)34-11-15-17(29)21(32,22(23,24)25)19(36-15)28-10-9-16(39)26-20(28)31/h4-10,12-13,15,17,19,29,32H,11H2,1-3H3,(H,27,33)(H,26,31,39). The van der Waals surface area contributed by atoms with E-state index in [-0.39, 0.29) is 10.4 Å². The van der Waals surface area contributed by atoms with E-state index in [1.165, 1.54) is 31.2 Å². The molecule has 0 radical (unpaired) electrons. The van der Waals surface area contributed by atoms with Gasteiger partial charge >= 0.3 is 25.6 Å². The molecule has 1 aliphatic heterocycles. The number of aromatic nitrogens is 2. The summed E-state index contributed by atoms with van der Waals surface area (Å²) < 4.78 is 76.9. The van der Waals surface area contributed by atoms with E-state index < -0.39 is 68.4 Å². The van der Waals surface area contributed by atoms with E-state index in [2.05, 4.69) is 10.1 Å². The second-order valence-electron chi connectivity index (χ2n) is 8.85. The molecule has 3 rings (SSSR count). The van der Waals surface area contributed by atoms with Crippen LogP contribution in [0, 0.1) is 4.64 Å². The summed E-state index contributed by atoms with van der Waals surface area (Å²) in [5.41, 5.74) is -5.13. The zero-order valence-electron chi connectivity index (χ0n) is 20.8. The Bertz CT molecular complexity index is 1320. The number of para-hydroxylation sites is 1. The summed E-state index contributed by atoms with van der Waals surface area (Å²) in [7, 11) is -4.56. The summed E-state index contributed by atoms with van der Waals surface area (Å²) in [5.74, 6) is -0.809. The molecule has 6 unspecified atom stereocenters. The van der Waals surface area contributed by atoms with Gasteiger partial charge in [-0.25, -0.2) is 9.36 Å². The molecule has 1 aromatic heterocycles. The molecule has 1 aliphatic rings. The van der Waals surface area contributed by atoms with Crippen molar-refractivity contribution < 1.29 is 51.3 Å². The third-order valence-corrected chi connectivity index (χ3v) is 7.36. The highest BCUT2D eigenvalue weighted by Gasteiger charge is 2.71. The van der Waals surface area contributed by atoms with Crippen molar-refractivity contribution in [3.8, 4) is 5.75 Å². The van der Waals surface area contributed by atoms with Crippen molar-refractivity contribution in [2.24, 2.45) is 0 Å². The Kier molecular flexibility index (Phi) is 9.43. The van der Waals surface area contributed by atoms with Crippen LogP contribution in [0.3, 0.4) is 0 Å². The van der Waals surface area contributed by atoms with Gasteiger partial charge in [0, 0.05) is 6.20 Å². The van der Waals surface area contributed by atoms with Crippen molar-refractivity contribution in [2.75, 3.05) is 6.61 Å². The predicted octanol–water partition coefficient (Wildman–Crippen LogP) is 2.59. The number of hydrogen-bond donors (Lipinski definition) is 4. The monoisotopic (exact) mass is 597 g/mol. The molecule has 6 atom stereocenters. The molecule has 0 saturated carbocycles. The van der Waals surface area contributed by atoms with Gasteiger partial charge in [0.05, 0.1) is 12.7 Å². The number of carbonyl (C=O) groups is 1. The molecule has 1 fully saturated rings. The van der Waals surface area contributed by atoms with Crippen molar-refractivity contribution in [2.45, 2.75) is 63.1 Å². The van der Waals surface area contributed by atoms with Crippen molar-refractivity contribution >= 4 is 25.9 Å². The molecule has 1 aromatic carbocycles. The van der Waals surface area contributed by atoms with Crippen LogP contribution >= 0.6 is 20.0 Å². The highest BCUT2D eigenvalue weighted by molar-refractivity contribution is 7.71. The average Bonchev–Trinajstić information content (AvgIpc) is 3.09. The molecule has 17 heteroatoms. The Morgan fingerprint density at radius 1 is 1.28 bits per heavy atom. The number of aliphatic hydroxyl groups excluding tert-OH is 1. The number of H-pyrrole nitrogens is 1. The summed E-state index contributed by atoms with van der Waals surface area (Å²) in [6, 6.07) is 7.33. The molecule has 0 bridgehead atoms. The number of benzene rings is 1. The second kappa shape index (κ2) is 11.9. The minimum Gasteiger partial charge on any atom is -0.462 e. The molecule has 216 valence electrons. The summed E-state index contributed by atoms with van der Waals surface area (Å²) in [5, 5.41) is 23.5. The lowest BCUT2D eigenvalue weighted by Crippen LogP contribution is -2.58. The van der Waals surface area contributed by atoms with Gasteiger partial charge in [0.25, 0.3) is 0 Å². The van der Waals surface area contributed by atoms with Gasteiger partial charge in [-0.2, -0.15) is 18.3 Å². The molecule has 0 aliphatic carbocycles. The number of nitrogens with zero attached hydrogens (tertiary/aromatic N) is 1. The quantitative estimate of drug-likeness (QED) is 0.181. The van der Waals surface area contributed by atoms with Crippen molar-refractivity contribution in [1.29, 1.82) is 0 Å². The normalized spacial score (nSPS) is 25.7. The third kappa shape index (κ3) is 6.95. The summed E-state index contributed by atoms with van der Waals surface area (Å²) >= 11 is 4.77. The Hall–Kier alpha value is -2.59. The number of nitrogens with one attached hydrogen (secondary N) is 2. The van der Waals surface area contributed by atoms with Gasteiger partial charge in [-0.05, 0) is 39.0 Å². The van der Waals surface area contributed by atoms with Gasteiger partial charge in [-0.15, -0.1) is 0 Å². The second-order valence-corrected chi connectivity index (χ2v) is 11.0. The first kappa shape index (κ1) is 30.9. The van der Waals surface area contributed by atoms with E-state index >= 15 is 0 Å². The molecule has 39 heavy (non-hydrogen) atoms. The Morgan fingerprint density at radius 2 is 1.92 bits per heavy atom. The molecule has 4 N–H and O–H groups in total. The van der Waals surface area contributed by atoms with Gasteiger partial charge in [0.2, 0.25) is 5.60 Å². The van der Waals surface area contributed by atoms with E-state index in [0.29, 0.717) is 4.57 Å². The SMILES string of the molecule is CC(C)OC(=O)C(C)NP(=O)(OCC1OC(n2ccc(=S)[nH]c2=O)C(O)(C(F)(F)F)C1O)Oc1ccccc1. The molecule has 2 aromatic rings. The Morgan fingerprint density at radius 3 is 2.49 bits per heavy atom. The maximum Gasteiger partial charge on any atom is 0.459 e. The molecule has 1 saturated heterocycles. The fraction of sp³-hybridized carbons (Fsp3) is 0.500. The molecule has 12 nitrogen and oxygen atoms in total. The third-order valence-electron chi connectivity index (χ3n) is 5.48. The molecule has 0 spiro atoms. The van der Waals surface area contributed by atoms with Gasteiger partial charge in [0.1, 0.15) is 28.6 Å². The number of carbonyl (C=O) groups excluding carboxylic acids is 1. The number of alkyl halides is 3. The number of halogens is 3. The van der Waals surface area contributed by atoms with Gasteiger partial charge < -0.3 is 24.2 Å². The van der Waals surface area contributed by atoms with Crippen LogP contribution in [0.4, 0.5) is 13.2 Å². The average molecular weight is 598 g/mol. The van der Waals surface area contributed by atoms with Crippen molar-refractivity contribution in [3.63, 3.8) is 0 Å². The van der Waals surface area contributed by atoms with Gasteiger partial charge in [-0.3, -0.25) is 18.9 Å². The van der Waals surface area contributed by atoms with Crippen LogP contribution in [-0.4, -0.2) is 68.5 Å². The lowest BCUT2D eigenvalue weighted by atomic mass is 9.93. The molecule has 0 amide bonds. The Balaban J connectivity index is 1.90. The smallest absolute Gasteiger partial charge is 0.459 e. The predicted molar refractivity (Wildman–Crippen MR) is 131 cm³/mol. The van der Waals surface area contributed by atoms with E-state index in [1.54, 1.807) is 19.9 Å². The fourth-order valence-electron chi connectivity index (χ4n) is 3.61. The summed E-state index contributed by atoms with van der Waals surface area (Å²) in [6.07, 6.45) is -12.3. The highest BCUT2D eigenvalue weighted by Crippen LogP contribution is 2.50. The van der Waals surface area contributed by atoms with E-state index in [9.17, 15) is 37.5 Å². The number of aliphatic hydroxyl groups is 2. The molecule has 2 heterocycles. The van der Waals surface area contributed by atoms with Crippen LogP contribution in [0.5, 0.6) is 5.75 Å². The first-order valence-corrected chi connectivity index (χ1v) is 13.4. The van der Waals surface area contributed by atoms with Gasteiger partial charge in [0.15, 0.2) is 6.23 Å². The maximum absolute atomic E-state index is 14.0. The van der Waals surface area contributed by atoms with Crippen LogP contribution in [0.2, 0.25) is 0 Å². The largest absolute Gasteiger partial charge is 0.462 e.